The van der Waals surface area contributed by atoms with Gasteiger partial charge in [-0.2, -0.15) is 0 Å². The van der Waals surface area contributed by atoms with Crippen LogP contribution in [0.4, 0.5) is 5.69 Å². The Morgan fingerprint density at radius 1 is 1.47 bits per heavy atom. The Balaban J connectivity index is 0.00000196. The number of aryl methyl sites for hydroxylation is 1. The van der Waals surface area contributed by atoms with Crippen molar-refractivity contribution >= 4 is 18.1 Å². The van der Waals surface area contributed by atoms with Crippen LogP contribution in [-0.4, -0.2) is 5.11 Å². The van der Waals surface area contributed by atoms with Gasteiger partial charge >= 0.3 is 5.63 Å². The highest BCUT2D eigenvalue weighted by Gasteiger charge is 2.06. The summed E-state index contributed by atoms with van der Waals surface area (Å²) in [4.78, 5) is 11.0. The normalized spacial score (nSPS) is 9.67. The molecule has 0 aliphatic rings. The maximum Gasteiger partial charge on any atom is 0.363 e. The van der Waals surface area contributed by atoms with Crippen LogP contribution in [0.15, 0.2) is 15.3 Å². The minimum atomic E-state index is -0.656. The molecule has 0 aliphatic carbocycles. The van der Waals surface area contributed by atoms with Crippen LogP contribution in [0.5, 0.6) is 5.75 Å². The maximum absolute atomic E-state index is 11.0. The van der Waals surface area contributed by atoms with Gasteiger partial charge in [0.25, 0.3) is 0 Å². The molecule has 1 rings (SSSR count). The molecule has 0 saturated heterocycles. The minimum Gasteiger partial charge on any atom is -0.505 e. The first-order valence-corrected chi connectivity index (χ1v) is 4.76. The quantitative estimate of drug-likeness (QED) is 0.781. The van der Waals surface area contributed by atoms with E-state index in [1.807, 2.05) is 0 Å². The zero-order chi connectivity index (χ0) is 10.6. The summed E-state index contributed by atoms with van der Waals surface area (Å²) in [6, 6.07) is 1.41. The first-order valence-electron chi connectivity index (χ1n) is 4.76. The number of rotatable bonds is 4. The van der Waals surface area contributed by atoms with Crippen LogP contribution in [0, 0.1) is 0 Å². The van der Waals surface area contributed by atoms with E-state index in [1.165, 1.54) is 6.07 Å². The van der Waals surface area contributed by atoms with E-state index in [9.17, 15) is 9.90 Å². The van der Waals surface area contributed by atoms with E-state index >= 15 is 0 Å². The number of hydrogen-bond acceptors (Lipinski definition) is 4. The lowest BCUT2D eigenvalue weighted by Gasteiger charge is -2.01. The molecule has 4 nitrogen and oxygen atoms in total. The van der Waals surface area contributed by atoms with Crippen molar-refractivity contribution in [2.75, 3.05) is 5.73 Å². The third-order valence-electron chi connectivity index (χ3n) is 2.04. The van der Waals surface area contributed by atoms with E-state index in [4.69, 9.17) is 10.2 Å². The summed E-state index contributed by atoms with van der Waals surface area (Å²) < 4.78 is 4.89. The predicted molar refractivity (Wildman–Crippen MR) is 61.5 cm³/mol. The molecule has 0 spiro atoms. The number of aromatic hydroxyl groups is 1. The van der Waals surface area contributed by atoms with Crippen molar-refractivity contribution < 1.29 is 9.52 Å². The van der Waals surface area contributed by atoms with E-state index in [2.05, 4.69) is 6.92 Å². The second-order valence-electron chi connectivity index (χ2n) is 3.26. The van der Waals surface area contributed by atoms with Crippen molar-refractivity contribution in [3.05, 3.63) is 22.2 Å². The Morgan fingerprint density at radius 3 is 2.67 bits per heavy atom. The molecule has 0 unspecified atom stereocenters. The fraction of sp³-hybridized carbons (Fsp3) is 0.500. The second kappa shape index (κ2) is 6.35. The minimum absolute atomic E-state index is 0. The molecule has 15 heavy (non-hydrogen) atoms. The Hall–Kier alpha value is -1.16. The van der Waals surface area contributed by atoms with Crippen LogP contribution in [0.2, 0.25) is 0 Å². The Bertz CT molecular complexity index is 362. The molecule has 86 valence electrons. The van der Waals surface area contributed by atoms with Crippen LogP contribution in [0.1, 0.15) is 31.9 Å². The smallest absolute Gasteiger partial charge is 0.363 e. The summed E-state index contributed by atoms with van der Waals surface area (Å²) in [5.74, 6) is 0.308. The standard InChI is InChI=1S/C10H15NO3.ClH/c1-2-3-4-5-7-6-8(12)9(11)10(13)14-7;/h6,12H,2-5,11H2,1H3;1H. The Morgan fingerprint density at radius 2 is 2.13 bits per heavy atom. The summed E-state index contributed by atoms with van der Waals surface area (Å²) in [7, 11) is 0. The lowest BCUT2D eigenvalue weighted by Crippen LogP contribution is -2.07. The number of halogens is 1. The number of nitrogen functional groups attached to an aromatic ring is 1. The van der Waals surface area contributed by atoms with Gasteiger partial charge in [-0.15, -0.1) is 12.4 Å². The zero-order valence-electron chi connectivity index (χ0n) is 8.66. The molecule has 1 aromatic rings. The number of nitrogens with two attached hydrogens (primary N) is 1. The highest BCUT2D eigenvalue weighted by atomic mass is 35.5. The molecule has 0 radical (unpaired) electrons. The van der Waals surface area contributed by atoms with Gasteiger partial charge in [-0.25, -0.2) is 4.79 Å². The monoisotopic (exact) mass is 233 g/mol. The van der Waals surface area contributed by atoms with Crippen LogP contribution in [0.3, 0.4) is 0 Å². The van der Waals surface area contributed by atoms with Gasteiger partial charge in [0.1, 0.15) is 11.5 Å². The molecular weight excluding hydrogens is 218 g/mol. The van der Waals surface area contributed by atoms with Crippen molar-refractivity contribution in [2.24, 2.45) is 0 Å². The topological polar surface area (TPSA) is 76.5 Å². The van der Waals surface area contributed by atoms with E-state index < -0.39 is 5.63 Å². The third kappa shape index (κ3) is 3.83. The molecule has 1 heterocycles. The van der Waals surface area contributed by atoms with Crippen molar-refractivity contribution in [2.45, 2.75) is 32.6 Å². The summed E-state index contributed by atoms with van der Waals surface area (Å²) >= 11 is 0. The van der Waals surface area contributed by atoms with Crippen LogP contribution < -0.4 is 11.4 Å². The van der Waals surface area contributed by atoms with Crippen LogP contribution in [0.25, 0.3) is 0 Å². The molecule has 0 bridgehead atoms. The van der Waals surface area contributed by atoms with Crippen molar-refractivity contribution in [3.8, 4) is 5.75 Å². The van der Waals surface area contributed by atoms with Gasteiger partial charge in [-0.05, 0) is 6.42 Å². The van der Waals surface area contributed by atoms with Crippen molar-refractivity contribution in [3.63, 3.8) is 0 Å². The highest BCUT2D eigenvalue weighted by molar-refractivity contribution is 5.85. The average molecular weight is 234 g/mol. The summed E-state index contributed by atoms with van der Waals surface area (Å²) in [5.41, 5.74) is 4.38. The molecule has 0 saturated carbocycles. The molecule has 0 aliphatic heterocycles. The molecule has 3 N–H and O–H groups in total. The third-order valence-corrected chi connectivity index (χ3v) is 2.04. The first kappa shape index (κ1) is 13.8. The van der Waals surface area contributed by atoms with Crippen LogP contribution >= 0.6 is 12.4 Å². The summed E-state index contributed by atoms with van der Waals surface area (Å²) in [6.45, 7) is 2.09. The van der Waals surface area contributed by atoms with E-state index in [0.717, 1.165) is 19.3 Å². The SMILES string of the molecule is CCCCCc1cc(O)c(N)c(=O)o1.Cl. The van der Waals surface area contributed by atoms with Gasteiger partial charge in [0.15, 0.2) is 5.69 Å². The van der Waals surface area contributed by atoms with E-state index in [-0.39, 0.29) is 23.8 Å². The molecule has 5 heteroatoms. The first-order chi connectivity index (χ1) is 6.65. The number of anilines is 1. The van der Waals surface area contributed by atoms with E-state index in [0.29, 0.717) is 12.2 Å². The number of hydrogen-bond donors (Lipinski definition) is 2. The fourth-order valence-electron chi connectivity index (χ4n) is 1.21. The van der Waals surface area contributed by atoms with E-state index in [1.54, 1.807) is 0 Å². The van der Waals surface area contributed by atoms with Gasteiger partial charge in [-0.3, -0.25) is 0 Å². The largest absolute Gasteiger partial charge is 0.505 e. The lowest BCUT2D eigenvalue weighted by atomic mass is 10.1. The Kier molecular flexibility index (Phi) is 5.86. The molecular formula is C10H16ClNO3. The molecule has 1 aromatic heterocycles. The zero-order valence-corrected chi connectivity index (χ0v) is 9.47. The van der Waals surface area contributed by atoms with Gasteiger partial charge in [0.05, 0.1) is 0 Å². The molecule has 0 amide bonds. The number of unbranched alkanes of at least 4 members (excludes halogenated alkanes) is 2. The van der Waals surface area contributed by atoms with Gasteiger partial charge in [0.2, 0.25) is 0 Å². The maximum atomic E-state index is 11.0. The molecule has 0 aromatic carbocycles. The predicted octanol–water partition coefficient (Wildman–Crippen LogP) is 2.08. The van der Waals surface area contributed by atoms with Gasteiger partial charge in [0, 0.05) is 12.5 Å². The van der Waals surface area contributed by atoms with Gasteiger partial charge in [-0.1, -0.05) is 19.8 Å². The lowest BCUT2D eigenvalue weighted by molar-refractivity contribution is 0.423. The second-order valence-corrected chi connectivity index (χ2v) is 3.26. The molecule has 0 atom stereocenters. The highest BCUT2D eigenvalue weighted by Crippen LogP contribution is 2.17. The molecule has 0 fully saturated rings. The van der Waals surface area contributed by atoms with Crippen LogP contribution in [-0.2, 0) is 6.42 Å². The van der Waals surface area contributed by atoms with Crippen molar-refractivity contribution in [1.82, 2.24) is 0 Å². The summed E-state index contributed by atoms with van der Waals surface area (Å²) in [5, 5.41) is 9.25. The van der Waals surface area contributed by atoms with Crippen molar-refractivity contribution in [1.29, 1.82) is 0 Å². The van der Waals surface area contributed by atoms with Gasteiger partial charge < -0.3 is 15.3 Å². The Labute approximate surface area is 94.5 Å². The average Bonchev–Trinajstić information content (AvgIpc) is 2.14. The summed E-state index contributed by atoms with van der Waals surface area (Å²) in [6.07, 6.45) is 3.79. The fourth-order valence-corrected chi connectivity index (χ4v) is 1.21.